The molecule has 2 aliphatic carbocycles. The van der Waals surface area contributed by atoms with Gasteiger partial charge < -0.3 is 10.1 Å². The first-order valence-electron chi connectivity index (χ1n) is 15.5. The molecule has 0 aromatic heterocycles. The van der Waals surface area contributed by atoms with Gasteiger partial charge in [-0.15, -0.1) is 0 Å². The van der Waals surface area contributed by atoms with Gasteiger partial charge in [0.2, 0.25) is 5.91 Å². The number of nitrogens with zero attached hydrogens (tertiary/aromatic N) is 1. The number of aliphatic imine (C=N–C) groups is 1. The van der Waals surface area contributed by atoms with Crippen LogP contribution in [0, 0.1) is 11.8 Å². The van der Waals surface area contributed by atoms with Crippen LogP contribution in [0.15, 0.2) is 53.5 Å². The van der Waals surface area contributed by atoms with Crippen molar-refractivity contribution in [2.24, 2.45) is 16.8 Å². The van der Waals surface area contributed by atoms with Crippen LogP contribution in [-0.4, -0.2) is 57.4 Å². The summed E-state index contributed by atoms with van der Waals surface area (Å²) >= 11 is 0. The summed E-state index contributed by atoms with van der Waals surface area (Å²) in [6, 6.07) is 13.2. The number of esters is 1. The van der Waals surface area contributed by atoms with E-state index in [-0.39, 0.29) is 11.8 Å². The molecule has 0 radical (unpaired) electrons. The molecule has 1 amide bonds. The number of carbonyl (C=O) groups is 2. The molecule has 2 fully saturated rings. The van der Waals surface area contributed by atoms with Gasteiger partial charge >= 0.3 is 5.97 Å². The maximum Gasteiger partial charge on any atom is 0.314 e. The maximum atomic E-state index is 13.4. The van der Waals surface area contributed by atoms with Crippen LogP contribution in [0.5, 0.6) is 5.75 Å². The third-order valence-corrected chi connectivity index (χ3v) is 13.0. The van der Waals surface area contributed by atoms with Gasteiger partial charge in [-0.05, 0) is 89.0 Å². The van der Waals surface area contributed by atoms with Gasteiger partial charge in [0.05, 0.1) is 33.5 Å². The fourth-order valence-electron chi connectivity index (χ4n) is 6.76. The molecular formula is C34H42N2O7S2. The highest BCUT2D eigenvalue weighted by molar-refractivity contribution is 7.91. The van der Waals surface area contributed by atoms with Crippen LogP contribution in [0.3, 0.4) is 0 Å². The van der Waals surface area contributed by atoms with Crippen molar-refractivity contribution in [3.63, 3.8) is 0 Å². The largest absolute Gasteiger partial charge is 0.426 e. The molecule has 0 atom stereocenters. The highest BCUT2D eigenvalue weighted by atomic mass is 32.2. The number of fused-ring (bicyclic) bond motifs is 1. The maximum absolute atomic E-state index is 13.4. The minimum absolute atomic E-state index is 0.183. The van der Waals surface area contributed by atoms with Crippen LogP contribution in [0.25, 0.3) is 6.08 Å². The number of nitrogens with one attached hydrogen (secondary N) is 1. The van der Waals surface area contributed by atoms with E-state index >= 15 is 0 Å². The molecule has 0 unspecified atom stereocenters. The number of rotatable bonds is 8. The van der Waals surface area contributed by atoms with E-state index in [0.29, 0.717) is 74.1 Å². The van der Waals surface area contributed by atoms with Crippen molar-refractivity contribution in [2.75, 3.05) is 17.8 Å². The molecule has 45 heavy (non-hydrogen) atoms. The van der Waals surface area contributed by atoms with Crippen molar-refractivity contribution in [3.05, 3.63) is 59.7 Å². The van der Waals surface area contributed by atoms with Crippen molar-refractivity contribution < 1.29 is 31.2 Å². The lowest BCUT2D eigenvalue weighted by Gasteiger charge is -2.28. The molecule has 0 bridgehead atoms. The van der Waals surface area contributed by atoms with Crippen molar-refractivity contribution in [1.29, 1.82) is 0 Å². The predicted octanol–water partition coefficient (Wildman–Crippen LogP) is 5.81. The quantitative estimate of drug-likeness (QED) is 0.280. The number of ether oxygens (including phenoxy) is 1. The van der Waals surface area contributed by atoms with E-state index in [4.69, 9.17) is 9.73 Å². The number of sulfone groups is 2. The number of carbonyl (C=O) groups excluding carboxylic acids is 2. The summed E-state index contributed by atoms with van der Waals surface area (Å²) in [6.45, 7) is 4.00. The third-order valence-electron chi connectivity index (χ3n) is 9.60. The van der Waals surface area contributed by atoms with Gasteiger partial charge in [0.25, 0.3) is 0 Å². The van der Waals surface area contributed by atoms with E-state index in [1.807, 2.05) is 56.3 Å². The Bertz CT molecular complexity index is 1730. The molecule has 1 N–H and O–H groups in total. The molecule has 3 aliphatic rings. The van der Waals surface area contributed by atoms with E-state index in [2.05, 4.69) is 5.32 Å². The van der Waals surface area contributed by atoms with Gasteiger partial charge in [0.1, 0.15) is 25.4 Å². The molecular weight excluding hydrogens is 613 g/mol. The van der Waals surface area contributed by atoms with Crippen LogP contribution in [0.4, 0.5) is 11.4 Å². The fraction of sp³-hybridized carbons (Fsp3) is 0.500. The second-order valence-corrected chi connectivity index (χ2v) is 17.9. The Balaban J connectivity index is 1.41. The fourth-order valence-corrected chi connectivity index (χ4v) is 9.02. The van der Waals surface area contributed by atoms with E-state index in [0.717, 1.165) is 11.3 Å². The van der Waals surface area contributed by atoms with Gasteiger partial charge in [-0.2, -0.15) is 0 Å². The van der Waals surface area contributed by atoms with Crippen molar-refractivity contribution in [3.8, 4) is 5.75 Å². The molecule has 0 spiro atoms. The van der Waals surface area contributed by atoms with E-state index in [9.17, 15) is 26.4 Å². The number of hydrogen-bond donors (Lipinski definition) is 1. The topological polar surface area (TPSA) is 136 Å². The molecule has 2 aromatic carbocycles. The number of amides is 1. The second-order valence-electron chi connectivity index (χ2n) is 13.2. The average Bonchev–Trinajstić information content (AvgIpc) is 3.27. The summed E-state index contributed by atoms with van der Waals surface area (Å²) in [5.74, 6) is -0.925. The first kappa shape index (κ1) is 33.1. The molecule has 2 saturated carbocycles. The van der Waals surface area contributed by atoms with E-state index in [1.165, 1.54) is 12.5 Å². The van der Waals surface area contributed by atoms with Gasteiger partial charge in [-0.3, -0.25) is 9.59 Å². The lowest BCUT2D eigenvalue weighted by Crippen LogP contribution is -2.32. The number of anilines is 1. The minimum atomic E-state index is -3.16. The molecule has 5 rings (SSSR count). The molecule has 9 nitrogen and oxygen atoms in total. The molecule has 11 heteroatoms. The van der Waals surface area contributed by atoms with Gasteiger partial charge in [0, 0.05) is 29.4 Å². The van der Waals surface area contributed by atoms with E-state index < -0.39 is 47.5 Å². The Hall–Kier alpha value is -3.31. The Morgan fingerprint density at radius 3 is 1.91 bits per heavy atom. The van der Waals surface area contributed by atoms with E-state index in [1.54, 1.807) is 12.1 Å². The summed E-state index contributed by atoms with van der Waals surface area (Å²) in [6.07, 6.45) is 10.0. The minimum Gasteiger partial charge on any atom is -0.426 e. The lowest BCUT2D eigenvalue weighted by atomic mass is 9.80. The zero-order valence-corrected chi connectivity index (χ0v) is 27.9. The average molecular weight is 655 g/mol. The number of allylic oxidation sites excluding steroid dienone is 1. The smallest absolute Gasteiger partial charge is 0.314 e. The van der Waals surface area contributed by atoms with Crippen LogP contribution in [0.2, 0.25) is 0 Å². The van der Waals surface area contributed by atoms with Crippen LogP contribution in [0.1, 0.15) is 76.3 Å². The summed E-state index contributed by atoms with van der Waals surface area (Å²) in [7, 11) is -6.30. The summed E-state index contributed by atoms with van der Waals surface area (Å²) in [5, 5.41) is 2.20. The molecule has 2 aromatic rings. The third kappa shape index (κ3) is 7.41. The highest BCUT2D eigenvalue weighted by Gasteiger charge is 2.40. The van der Waals surface area contributed by atoms with Gasteiger partial charge in [-0.1, -0.05) is 36.4 Å². The van der Waals surface area contributed by atoms with Crippen LogP contribution >= 0.6 is 0 Å². The van der Waals surface area contributed by atoms with Gasteiger partial charge in [-0.25, -0.2) is 21.8 Å². The molecule has 0 saturated heterocycles. The van der Waals surface area contributed by atoms with Crippen molar-refractivity contribution in [2.45, 2.75) is 81.1 Å². The SMILES string of the molecule is CC1(C)C(/C=C/c2ccccc2)=Nc2c(NC(=O)C3CCC(S(C)(=O)=O)CC3)ccc(OC(=O)[C@H]3CC[C@H](S(C)(=O)=O)CC3)c21. The van der Waals surface area contributed by atoms with Crippen molar-refractivity contribution >= 4 is 54.7 Å². The Labute approximate surface area is 266 Å². The molecule has 242 valence electrons. The van der Waals surface area contributed by atoms with Crippen LogP contribution in [-0.2, 0) is 34.7 Å². The highest BCUT2D eigenvalue weighted by Crippen LogP contribution is 2.50. The summed E-state index contributed by atoms with van der Waals surface area (Å²) in [5.41, 5.74) is 2.79. The summed E-state index contributed by atoms with van der Waals surface area (Å²) in [4.78, 5) is 31.7. The molecule has 1 aliphatic heterocycles. The second kappa shape index (κ2) is 12.8. The Kier molecular flexibility index (Phi) is 9.43. The zero-order chi connectivity index (χ0) is 32.6. The number of hydrogen-bond acceptors (Lipinski definition) is 8. The van der Waals surface area contributed by atoms with Gasteiger partial charge in [0.15, 0.2) is 0 Å². The van der Waals surface area contributed by atoms with Crippen molar-refractivity contribution in [1.82, 2.24) is 0 Å². The Morgan fingerprint density at radius 1 is 0.800 bits per heavy atom. The Morgan fingerprint density at radius 2 is 1.36 bits per heavy atom. The summed E-state index contributed by atoms with van der Waals surface area (Å²) < 4.78 is 54.0. The first-order valence-corrected chi connectivity index (χ1v) is 19.5. The number of benzene rings is 2. The zero-order valence-electron chi connectivity index (χ0n) is 26.3. The monoisotopic (exact) mass is 654 g/mol. The predicted molar refractivity (Wildman–Crippen MR) is 177 cm³/mol. The molecule has 1 heterocycles. The standard InChI is InChI=1S/C34H42N2O7S2/c1-34(2)29(21-10-22-8-6-5-7-9-22)36-31-27(35-32(37)23-11-15-25(16-12-23)44(3,39)40)19-20-28(30(31)34)43-33(38)24-13-17-26(18-14-24)45(4,41)42/h5-10,19-21,23-26H,11-18H2,1-4H3,(H,35,37)/b21-10+/t23?,24-,25?,26-. The lowest BCUT2D eigenvalue weighted by molar-refractivity contribution is -0.140. The van der Waals surface area contributed by atoms with Crippen LogP contribution < -0.4 is 10.1 Å². The first-order chi connectivity index (χ1) is 21.1. The normalized spacial score (nSPS) is 24.9.